The summed E-state index contributed by atoms with van der Waals surface area (Å²) in [5.74, 6) is -0.948. The summed E-state index contributed by atoms with van der Waals surface area (Å²) in [6, 6.07) is 0.625. The van der Waals surface area contributed by atoms with E-state index < -0.39 is 5.97 Å². The highest BCUT2D eigenvalue weighted by molar-refractivity contribution is 7.11. The van der Waals surface area contributed by atoms with E-state index in [1.54, 1.807) is 7.11 Å². The minimum absolute atomic E-state index is 0.169. The second-order valence-electron chi connectivity index (χ2n) is 4.14. The molecule has 1 N–H and O–H groups in total. The van der Waals surface area contributed by atoms with Gasteiger partial charge < -0.3 is 9.84 Å². The van der Waals surface area contributed by atoms with Gasteiger partial charge >= 0.3 is 5.97 Å². The van der Waals surface area contributed by atoms with Gasteiger partial charge in [-0.05, 0) is 12.8 Å². The van der Waals surface area contributed by atoms with E-state index in [0.717, 1.165) is 18.8 Å². The second-order valence-corrected chi connectivity index (χ2v) is 5.00. The molecule has 1 aliphatic rings. The van der Waals surface area contributed by atoms with Crippen LogP contribution in [0.25, 0.3) is 0 Å². The molecule has 0 radical (unpaired) electrons. The summed E-state index contributed by atoms with van der Waals surface area (Å²) in [7, 11) is 1.69. The van der Waals surface area contributed by atoms with Crippen molar-refractivity contribution in [1.82, 2.24) is 9.88 Å². The molecule has 1 heterocycles. The Labute approximate surface area is 104 Å². The lowest BCUT2D eigenvalue weighted by molar-refractivity contribution is 0.0696. The molecule has 5 nitrogen and oxygen atoms in total. The van der Waals surface area contributed by atoms with Crippen molar-refractivity contribution in [3.05, 3.63) is 16.1 Å². The zero-order chi connectivity index (χ0) is 12.3. The summed E-state index contributed by atoms with van der Waals surface area (Å²) in [5, 5.41) is 10.8. The number of carbonyl (C=O) groups is 1. The van der Waals surface area contributed by atoms with Crippen molar-refractivity contribution in [3.8, 4) is 0 Å². The highest BCUT2D eigenvalue weighted by Crippen LogP contribution is 2.28. The molecule has 2 rings (SSSR count). The Kier molecular flexibility index (Phi) is 4.09. The fourth-order valence-electron chi connectivity index (χ4n) is 1.72. The number of ether oxygens (including phenoxy) is 1. The third-order valence-electron chi connectivity index (χ3n) is 2.75. The SMILES string of the molecule is COCCN(Cc1csc(C(=O)O)n1)C1CC1. The molecule has 0 bridgehead atoms. The summed E-state index contributed by atoms with van der Waals surface area (Å²) < 4.78 is 5.08. The van der Waals surface area contributed by atoms with E-state index in [4.69, 9.17) is 9.84 Å². The van der Waals surface area contributed by atoms with E-state index in [0.29, 0.717) is 12.6 Å². The molecule has 1 fully saturated rings. The summed E-state index contributed by atoms with van der Waals surface area (Å²) in [5.41, 5.74) is 0.843. The molecule has 0 aliphatic heterocycles. The van der Waals surface area contributed by atoms with Crippen molar-refractivity contribution in [2.24, 2.45) is 0 Å². The normalized spacial score (nSPS) is 15.4. The van der Waals surface area contributed by atoms with Crippen LogP contribution in [0, 0.1) is 0 Å². The van der Waals surface area contributed by atoms with Crippen molar-refractivity contribution >= 4 is 17.3 Å². The number of carboxylic acid groups (broad SMARTS) is 1. The topological polar surface area (TPSA) is 62.7 Å². The number of rotatable bonds is 7. The number of nitrogens with zero attached hydrogens (tertiary/aromatic N) is 2. The average Bonchev–Trinajstić information content (AvgIpc) is 3.04. The number of aromatic carboxylic acids is 1. The zero-order valence-corrected chi connectivity index (χ0v) is 10.6. The molecule has 17 heavy (non-hydrogen) atoms. The molecule has 0 amide bonds. The lowest BCUT2D eigenvalue weighted by Gasteiger charge is -2.20. The van der Waals surface area contributed by atoms with Crippen LogP contribution in [0.5, 0.6) is 0 Å². The van der Waals surface area contributed by atoms with Crippen LogP contribution in [-0.4, -0.2) is 47.3 Å². The number of methoxy groups -OCH3 is 1. The van der Waals surface area contributed by atoms with Crippen LogP contribution in [0.15, 0.2) is 5.38 Å². The molecule has 0 atom stereocenters. The van der Waals surface area contributed by atoms with Gasteiger partial charge in [-0.1, -0.05) is 0 Å². The van der Waals surface area contributed by atoms with Crippen LogP contribution >= 0.6 is 11.3 Å². The third-order valence-corrected chi connectivity index (χ3v) is 3.62. The van der Waals surface area contributed by atoms with Crippen molar-refractivity contribution in [3.63, 3.8) is 0 Å². The van der Waals surface area contributed by atoms with Gasteiger partial charge in [0.15, 0.2) is 0 Å². The maximum absolute atomic E-state index is 10.7. The van der Waals surface area contributed by atoms with Gasteiger partial charge in [-0.25, -0.2) is 9.78 Å². The Morgan fingerprint density at radius 3 is 3.00 bits per heavy atom. The van der Waals surface area contributed by atoms with Crippen molar-refractivity contribution in [2.75, 3.05) is 20.3 Å². The molecule has 94 valence electrons. The first kappa shape index (κ1) is 12.5. The fraction of sp³-hybridized carbons (Fsp3) is 0.636. The summed E-state index contributed by atoms with van der Waals surface area (Å²) in [6.07, 6.45) is 2.44. The molecule has 1 aromatic heterocycles. The smallest absolute Gasteiger partial charge is 0.365 e. The Bertz CT molecular complexity index is 390. The summed E-state index contributed by atoms with van der Waals surface area (Å²) >= 11 is 1.19. The molecule has 1 aromatic rings. The second kappa shape index (κ2) is 5.57. The molecule has 6 heteroatoms. The van der Waals surface area contributed by atoms with Gasteiger partial charge in [0.1, 0.15) is 0 Å². The van der Waals surface area contributed by atoms with Crippen LogP contribution in [0.2, 0.25) is 0 Å². The van der Waals surface area contributed by atoms with E-state index in [1.807, 2.05) is 5.38 Å². The van der Waals surface area contributed by atoms with Crippen LogP contribution in [0.4, 0.5) is 0 Å². The predicted octanol–water partition coefficient (Wildman–Crippen LogP) is 1.45. The van der Waals surface area contributed by atoms with Crippen molar-refractivity contribution in [1.29, 1.82) is 0 Å². The highest BCUT2D eigenvalue weighted by Gasteiger charge is 2.29. The maximum Gasteiger partial charge on any atom is 0.365 e. The van der Waals surface area contributed by atoms with E-state index >= 15 is 0 Å². The fourth-order valence-corrected chi connectivity index (χ4v) is 2.37. The predicted molar refractivity (Wildman–Crippen MR) is 64.4 cm³/mol. The molecule has 1 aliphatic carbocycles. The van der Waals surface area contributed by atoms with Crippen LogP contribution in [0.1, 0.15) is 28.3 Å². The van der Waals surface area contributed by atoms with Crippen molar-refractivity contribution in [2.45, 2.75) is 25.4 Å². The Balaban J connectivity index is 1.93. The quantitative estimate of drug-likeness (QED) is 0.800. The number of hydrogen-bond donors (Lipinski definition) is 1. The van der Waals surface area contributed by atoms with Crippen molar-refractivity contribution < 1.29 is 14.6 Å². The molecule has 0 aromatic carbocycles. The van der Waals surface area contributed by atoms with Crippen LogP contribution in [-0.2, 0) is 11.3 Å². The third kappa shape index (κ3) is 3.49. The minimum atomic E-state index is -0.948. The molecule has 1 saturated carbocycles. The minimum Gasteiger partial charge on any atom is -0.476 e. The van der Waals surface area contributed by atoms with Gasteiger partial charge in [-0.15, -0.1) is 11.3 Å². The van der Waals surface area contributed by atoms with Crippen LogP contribution in [0.3, 0.4) is 0 Å². The summed E-state index contributed by atoms with van der Waals surface area (Å²) in [6.45, 7) is 2.30. The van der Waals surface area contributed by atoms with E-state index in [-0.39, 0.29) is 5.01 Å². The first-order valence-electron chi connectivity index (χ1n) is 5.61. The van der Waals surface area contributed by atoms with Gasteiger partial charge in [0.25, 0.3) is 0 Å². The number of hydrogen-bond acceptors (Lipinski definition) is 5. The lowest BCUT2D eigenvalue weighted by Crippen LogP contribution is -2.29. The Morgan fingerprint density at radius 2 is 2.47 bits per heavy atom. The number of carboxylic acids is 1. The molecular weight excluding hydrogens is 240 g/mol. The van der Waals surface area contributed by atoms with Gasteiger partial charge in [-0.3, -0.25) is 4.90 Å². The number of aromatic nitrogens is 1. The number of thiazole rings is 1. The Morgan fingerprint density at radius 1 is 1.71 bits per heavy atom. The first-order chi connectivity index (χ1) is 8.20. The molecule has 0 saturated heterocycles. The van der Waals surface area contributed by atoms with Gasteiger partial charge in [0.05, 0.1) is 12.3 Å². The van der Waals surface area contributed by atoms with Gasteiger partial charge in [0, 0.05) is 31.6 Å². The monoisotopic (exact) mass is 256 g/mol. The van der Waals surface area contributed by atoms with Crippen LogP contribution < -0.4 is 0 Å². The summed E-state index contributed by atoms with van der Waals surface area (Å²) in [4.78, 5) is 17.1. The molecular formula is C11H16N2O3S. The van der Waals surface area contributed by atoms with E-state index in [1.165, 1.54) is 24.2 Å². The van der Waals surface area contributed by atoms with Gasteiger partial charge in [-0.2, -0.15) is 0 Å². The largest absolute Gasteiger partial charge is 0.476 e. The molecule has 0 unspecified atom stereocenters. The van der Waals surface area contributed by atoms with E-state index in [2.05, 4.69) is 9.88 Å². The average molecular weight is 256 g/mol. The Hall–Kier alpha value is -0.980. The first-order valence-corrected chi connectivity index (χ1v) is 6.49. The lowest BCUT2D eigenvalue weighted by atomic mass is 10.4. The standard InChI is InChI=1S/C11H16N2O3S/c1-16-5-4-13(9-2-3-9)6-8-7-17-10(12-8)11(14)15/h7,9H,2-6H2,1H3,(H,14,15). The van der Waals surface area contributed by atoms with E-state index in [9.17, 15) is 4.79 Å². The van der Waals surface area contributed by atoms with Gasteiger partial charge in [0.2, 0.25) is 5.01 Å². The molecule has 0 spiro atoms. The maximum atomic E-state index is 10.7. The zero-order valence-electron chi connectivity index (χ0n) is 9.76. The highest BCUT2D eigenvalue weighted by atomic mass is 32.1.